The standard InChI is InChI=1S/C30H34N4O4/c1-4-7-24(22-11-12-26(37-2)27(18-22)38-3)34-29(35)23-9-5-10-25(28(23)30(34)36)33-16-14-32(15-17-33)20-21-8-6-13-31-19-21/h5-6,8-13,18-19,24H,4,7,14-17,20H2,1-3H3. The van der Waals surface area contributed by atoms with Gasteiger partial charge in [-0.2, -0.15) is 0 Å². The molecule has 1 fully saturated rings. The Bertz CT molecular complexity index is 1300. The molecular weight excluding hydrogens is 480 g/mol. The van der Waals surface area contributed by atoms with Crippen molar-refractivity contribution in [1.82, 2.24) is 14.8 Å². The predicted octanol–water partition coefficient (Wildman–Crippen LogP) is 4.56. The largest absolute Gasteiger partial charge is 0.493 e. The van der Waals surface area contributed by atoms with Crippen LogP contribution >= 0.6 is 0 Å². The fraction of sp³-hybridized carbons (Fsp3) is 0.367. The number of amides is 2. The zero-order chi connectivity index (χ0) is 26.6. The van der Waals surface area contributed by atoms with Crippen molar-refractivity contribution in [3.05, 3.63) is 83.2 Å². The molecule has 5 rings (SSSR count). The number of nitrogens with zero attached hydrogens (tertiary/aromatic N) is 4. The number of methoxy groups -OCH3 is 2. The van der Waals surface area contributed by atoms with Gasteiger partial charge in [0.2, 0.25) is 0 Å². The minimum absolute atomic E-state index is 0.230. The molecule has 198 valence electrons. The summed E-state index contributed by atoms with van der Waals surface area (Å²) in [6.45, 7) is 6.22. The van der Waals surface area contributed by atoms with Crippen LogP contribution < -0.4 is 14.4 Å². The molecule has 1 aromatic heterocycles. The lowest BCUT2D eigenvalue weighted by atomic mass is 10.00. The van der Waals surface area contributed by atoms with Gasteiger partial charge in [-0.3, -0.25) is 24.4 Å². The fourth-order valence-electron chi connectivity index (χ4n) is 5.51. The van der Waals surface area contributed by atoms with Crippen molar-refractivity contribution in [1.29, 1.82) is 0 Å². The summed E-state index contributed by atoms with van der Waals surface area (Å²) in [4.78, 5) is 37.9. The molecule has 3 heterocycles. The van der Waals surface area contributed by atoms with Crippen LogP contribution in [0, 0.1) is 0 Å². The second-order valence-electron chi connectivity index (χ2n) is 9.72. The van der Waals surface area contributed by atoms with Gasteiger partial charge in [-0.25, -0.2) is 0 Å². The van der Waals surface area contributed by atoms with Gasteiger partial charge in [0.05, 0.1) is 37.1 Å². The van der Waals surface area contributed by atoms with Crippen LogP contribution in [-0.4, -0.2) is 67.0 Å². The third kappa shape index (κ3) is 4.84. The first-order chi connectivity index (χ1) is 18.5. The summed E-state index contributed by atoms with van der Waals surface area (Å²) in [5, 5.41) is 0. The Morgan fingerprint density at radius 1 is 0.921 bits per heavy atom. The Morgan fingerprint density at radius 3 is 2.39 bits per heavy atom. The zero-order valence-electron chi connectivity index (χ0n) is 22.2. The van der Waals surface area contributed by atoms with E-state index in [9.17, 15) is 9.59 Å². The molecule has 0 saturated carbocycles. The van der Waals surface area contributed by atoms with Crippen LogP contribution in [-0.2, 0) is 6.54 Å². The Hall–Kier alpha value is -3.91. The van der Waals surface area contributed by atoms with Crippen LogP contribution in [0.25, 0.3) is 0 Å². The van der Waals surface area contributed by atoms with Crippen molar-refractivity contribution in [2.75, 3.05) is 45.3 Å². The summed E-state index contributed by atoms with van der Waals surface area (Å²) in [6.07, 6.45) is 5.16. The van der Waals surface area contributed by atoms with Crippen LogP contribution in [0.2, 0.25) is 0 Å². The van der Waals surface area contributed by atoms with Crippen LogP contribution in [0.4, 0.5) is 5.69 Å². The summed E-state index contributed by atoms with van der Waals surface area (Å²) >= 11 is 0. The SMILES string of the molecule is CCCC(c1ccc(OC)c(OC)c1)N1C(=O)c2cccc(N3CCN(Cc4cccnc4)CC3)c2C1=O. The normalized spacial score (nSPS) is 16.5. The maximum Gasteiger partial charge on any atom is 0.264 e. The van der Waals surface area contributed by atoms with Gasteiger partial charge < -0.3 is 14.4 Å². The molecular formula is C30H34N4O4. The van der Waals surface area contributed by atoms with E-state index in [-0.39, 0.29) is 11.8 Å². The van der Waals surface area contributed by atoms with E-state index in [0.29, 0.717) is 29.0 Å². The number of carbonyl (C=O) groups is 2. The first-order valence-corrected chi connectivity index (χ1v) is 13.1. The molecule has 1 saturated heterocycles. The number of pyridine rings is 1. The minimum atomic E-state index is -0.392. The summed E-state index contributed by atoms with van der Waals surface area (Å²) < 4.78 is 10.9. The maximum absolute atomic E-state index is 13.9. The summed E-state index contributed by atoms with van der Waals surface area (Å²) in [5.74, 6) is 0.716. The lowest BCUT2D eigenvalue weighted by Crippen LogP contribution is -2.46. The zero-order valence-corrected chi connectivity index (χ0v) is 22.2. The number of rotatable bonds is 9. The monoisotopic (exact) mass is 514 g/mol. The first-order valence-electron chi connectivity index (χ1n) is 13.1. The molecule has 0 bridgehead atoms. The number of hydrogen-bond donors (Lipinski definition) is 0. The number of anilines is 1. The molecule has 2 aliphatic rings. The topological polar surface area (TPSA) is 75.2 Å². The molecule has 0 N–H and O–H groups in total. The lowest BCUT2D eigenvalue weighted by molar-refractivity contribution is 0.0573. The Kier molecular flexibility index (Phi) is 7.60. The Labute approximate surface area is 223 Å². The highest BCUT2D eigenvalue weighted by Gasteiger charge is 2.42. The van der Waals surface area contributed by atoms with E-state index in [1.165, 1.54) is 10.5 Å². The Morgan fingerprint density at radius 2 is 1.71 bits per heavy atom. The van der Waals surface area contributed by atoms with Gasteiger partial charge in [0.15, 0.2) is 11.5 Å². The highest BCUT2D eigenvalue weighted by atomic mass is 16.5. The number of benzene rings is 2. The van der Waals surface area contributed by atoms with Crippen molar-refractivity contribution >= 4 is 17.5 Å². The number of fused-ring (bicyclic) bond motifs is 1. The van der Waals surface area contributed by atoms with Crippen molar-refractivity contribution in [3.63, 3.8) is 0 Å². The van der Waals surface area contributed by atoms with E-state index in [1.807, 2.05) is 42.6 Å². The number of piperazine rings is 1. The van der Waals surface area contributed by atoms with Gasteiger partial charge in [-0.05, 0) is 47.9 Å². The highest BCUT2D eigenvalue weighted by Crippen LogP contribution is 2.40. The van der Waals surface area contributed by atoms with Crippen LogP contribution in [0.15, 0.2) is 60.9 Å². The average Bonchev–Trinajstić information content (AvgIpc) is 3.21. The highest BCUT2D eigenvalue weighted by molar-refractivity contribution is 6.24. The molecule has 0 radical (unpaired) electrons. The number of aromatic nitrogens is 1. The van der Waals surface area contributed by atoms with Crippen LogP contribution in [0.3, 0.4) is 0 Å². The molecule has 0 spiro atoms. The molecule has 3 aromatic rings. The van der Waals surface area contributed by atoms with E-state index in [1.54, 1.807) is 26.5 Å². The van der Waals surface area contributed by atoms with E-state index in [0.717, 1.165) is 50.4 Å². The van der Waals surface area contributed by atoms with Crippen LogP contribution in [0.5, 0.6) is 11.5 Å². The quantitative estimate of drug-likeness (QED) is 0.388. The molecule has 2 amide bonds. The number of ether oxygens (including phenoxy) is 2. The molecule has 0 aliphatic carbocycles. The summed E-state index contributed by atoms with van der Waals surface area (Å²) in [6, 6.07) is 14.9. The van der Waals surface area contributed by atoms with Gasteiger partial charge in [0.1, 0.15) is 0 Å². The molecule has 1 atom stereocenters. The van der Waals surface area contributed by atoms with E-state index >= 15 is 0 Å². The number of hydrogen-bond acceptors (Lipinski definition) is 7. The first kappa shape index (κ1) is 25.7. The minimum Gasteiger partial charge on any atom is -0.493 e. The number of carbonyl (C=O) groups excluding carboxylic acids is 2. The van der Waals surface area contributed by atoms with Gasteiger partial charge >= 0.3 is 0 Å². The third-order valence-electron chi connectivity index (χ3n) is 7.43. The van der Waals surface area contributed by atoms with Crippen molar-refractivity contribution < 1.29 is 19.1 Å². The second kappa shape index (κ2) is 11.2. The lowest BCUT2D eigenvalue weighted by Gasteiger charge is -2.36. The molecule has 8 heteroatoms. The van der Waals surface area contributed by atoms with Crippen molar-refractivity contribution in [2.24, 2.45) is 0 Å². The van der Waals surface area contributed by atoms with Gasteiger partial charge in [0, 0.05) is 45.1 Å². The molecule has 2 aliphatic heterocycles. The molecule has 8 nitrogen and oxygen atoms in total. The smallest absolute Gasteiger partial charge is 0.264 e. The van der Waals surface area contributed by atoms with E-state index < -0.39 is 6.04 Å². The third-order valence-corrected chi connectivity index (χ3v) is 7.43. The Balaban J connectivity index is 1.39. The van der Waals surface area contributed by atoms with E-state index in [4.69, 9.17) is 9.47 Å². The predicted molar refractivity (Wildman–Crippen MR) is 146 cm³/mol. The molecule has 2 aromatic carbocycles. The van der Waals surface area contributed by atoms with Crippen molar-refractivity contribution in [2.45, 2.75) is 32.4 Å². The van der Waals surface area contributed by atoms with Gasteiger partial charge in [-0.1, -0.05) is 31.5 Å². The van der Waals surface area contributed by atoms with Gasteiger partial charge in [-0.15, -0.1) is 0 Å². The average molecular weight is 515 g/mol. The fourth-order valence-corrected chi connectivity index (χ4v) is 5.51. The summed E-state index contributed by atoms with van der Waals surface area (Å²) in [7, 11) is 3.17. The van der Waals surface area contributed by atoms with Crippen molar-refractivity contribution in [3.8, 4) is 11.5 Å². The molecule has 38 heavy (non-hydrogen) atoms. The van der Waals surface area contributed by atoms with E-state index in [2.05, 4.69) is 27.8 Å². The number of imide groups is 1. The van der Waals surface area contributed by atoms with Crippen LogP contribution in [0.1, 0.15) is 57.7 Å². The summed E-state index contributed by atoms with van der Waals surface area (Å²) in [5.41, 5.74) is 3.87. The maximum atomic E-state index is 13.9. The van der Waals surface area contributed by atoms with Gasteiger partial charge in [0.25, 0.3) is 11.8 Å². The molecule has 1 unspecified atom stereocenters. The second-order valence-corrected chi connectivity index (χ2v) is 9.72.